The summed E-state index contributed by atoms with van der Waals surface area (Å²) in [5.74, 6) is -1.93. The molecule has 8 amide bonds. The van der Waals surface area contributed by atoms with Crippen molar-refractivity contribution in [3.05, 3.63) is 95.1 Å². The van der Waals surface area contributed by atoms with Crippen molar-refractivity contribution in [1.29, 1.82) is 0 Å². The number of hydrogen-bond donors (Lipinski definition) is 8. The van der Waals surface area contributed by atoms with Crippen molar-refractivity contribution < 1.29 is 47.8 Å². The van der Waals surface area contributed by atoms with Crippen LogP contribution in [0.3, 0.4) is 0 Å². The summed E-state index contributed by atoms with van der Waals surface area (Å²) in [5, 5.41) is 24.4. The zero-order valence-electron chi connectivity index (χ0n) is 46.6. The average Bonchev–Trinajstić information content (AvgIpc) is 4.12. The second-order valence-corrected chi connectivity index (χ2v) is 22.7. The minimum absolute atomic E-state index is 0.0271. The van der Waals surface area contributed by atoms with E-state index in [1.54, 1.807) is 27.9 Å². The van der Waals surface area contributed by atoms with Crippen LogP contribution in [0.25, 0.3) is 0 Å². The fraction of sp³-hybridized carbons (Fsp3) is 0.567. The van der Waals surface area contributed by atoms with Crippen molar-refractivity contribution in [2.45, 2.75) is 164 Å². The predicted molar refractivity (Wildman–Crippen MR) is 298 cm³/mol. The van der Waals surface area contributed by atoms with Crippen LogP contribution in [0.15, 0.2) is 72.8 Å². The van der Waals surface area contributed by atoms with Crippen LogP contribution in [0.2, 0.25) is 0 Å². The minimum Gasteiger partial charge on any atom is -0.493 e. The number of carbonyl (C=O) groups is 8. The van der Waals surface area contributed by atoms with Crippen molar-refractivity contribution in [1.82, 2.24) is 52.3 Å². The molecule has 430 valence electrons. The van der Waals surface area contributed by atoms with Crippen LogP contribution < -0.4 is 52.0 Å². The van der Waals surface area contributed by atoms with E-state index in [9.17, 15) is 38.4 Å². The maximum atomic E-state index is 14.9. The maximum Gasteiger partial charge on any atom is 0.251 e. The molecule has 0 unspecified atom stereocenters. The lowest BCUT2D eigenvalue weighted by Crippen LogP contribution is -2.58. The highest BCUT2D eigenvalue weighted by Gasteiger charge is 2.47. The van der Waals surface area contributed by atoms with E-state index >= 15 is 0 Å². The van der Waals surface area contributed by atoms with Crippen LogP contribution in [-0.4, -0.2) is 146 Å². The van der Waals surface area contributed by atoms with Gasteiger partial charge in [-0.25, -0.2) is 0 Å². The fourth-order valence-electron chi connectivity index (χ4n) is 12.6. The molecule has 0 aromatic heterocycles. The molecule has 4 heterocycles. The molecule has 2 saturated heterocycles. The molecule has 2 saturated carbocycles. The first kappa shape index (κ1) is 57.6. The molecule has 0 spiro atoms. The lowest BCUT2D eigenvalue weighted by molar-refractivity contribution is -0.143. The van der Waals surface area contributed by atoms with Crippen molar-refractivity contribution in [2.24, 2.45) is 11.8 Å². The molecule has 9 rings (SSSR count). The van der Waals surface area contributed by atoms with Gasteiger partial charge in [0.2, 0.25) is 35.4 Å². The Morgan fingerprint density at radius 3 is 1.24 bits per heavy atom. The quantitative estimate of drug-likeness (QED) is 0.0908. The van der Waals surface area contributed by atoms with Crippen LogP contribution >= 0.6 is 0 Å². The number of ether oxygens (including phenoxy) is 2. The van der Waals surface area contributed by atoms with Gasteiger partial charge in [0.05, 0.1) is 37.4 Å². The first-order chi connectivity index (χ1) is 38.7. The van der Waals surface area contributed by atoms with Gasteiger partial charge in [0.1, 0.15) is 35.7 Å². The number of amides is 8. The largest absolute Gasteiger partial charge is 0.493 e. The van der Waals surface area contributed by atoms with Crippen molar-refractivity contribution >= 4 is 47.3 Å². The molecule has 80 heavy (non-hydrogen) atoms. The van der Waals surface area contributed by atoms with Gasteiger partial charge in [0.15, 0.2) is 0 Å². The standard InChI is InChI=1S/C60H80N10O10/c1-35(61-3)53(71)67-51(37-15-7-5-8-16-37)59(77)69-33-41(31-47(69)57(75)65-45-27-29-79-49-21-13-11-19-43(45)49)63-55(73)39-23-25-40(26-24-39)56(74)64-42-32-48(58(76)66-46-28-30-80-50-22-14-12-20-44(46)50)70(34-42)60(78)52(38-17-9-6-10-18-38)68-54(72)36(2)62-4/h11-14,19-26,35-38,41-42,45-48,51-52,61-62H,5-10,15-18,27-34H2,1-4H3,(H,63,73)(H,64,74)(H,65,75)(H,66,76)(H,67,71)(H,68,72)/t35-,36-,41-,42-,45+,46+,47-,48-,51-,52-/m0/s1. The van der Waals surface area contributed by atoms with Gasteiger partial charge < -0.3 is 61.8 Å². The number of carbonyl (C=O) groups excluding carboxylic acids is 8. The van der Waals surface area contributed by atoms with Crippen molar-refractivity contribution in [3.8, 4) is 11.5 Å². The van der Waals surface area contributed by atoms with Gasteiger partial charge in [0, 0.05) is 60.3 Å². The summed E-state index contributed by atoms with van der Waals surface area (Å²) in [6.45, 7) is 4.31. The van der Waals surface area contributed by atoms with Crippen LogP contribution in [0, 0.1) is 11.8 Å². The smallest absolute Gasteiger partial charge is 0.251 e. The number of nitrogens with one attached hydrogen (secondary N) is 8. The molecule has 20 nitrogen and oxygen atoms in total. The lowest BCUT2D eigenvalue weighted by atomic mass is 9.83. The lowest BCUT2D eigenvalue weighted by Gasteiger charge is -2.35. The van der Waals surface area contributed by atoms with Gasteiger partial charge in [-0.1, -0.05) is 74.9 Å². The van der Waals surface area contributed by atoms with E-state index < -0.39 is 60.1 Å². The third kappa shape index (κ3) is 13.4. The van der Waals surface area contributed by atoms with Crippen molar-refractivity contribution in [3.63, 3.8) is 0 Å². The van der Waals surface area contributed by atoms with E-state index in [2.05, 4.69) is 42.5 Å². The van der Waals surface area contributed by atoms with Gasteiger partial charge in [-0.3, -0.25) is 38.4 Å². The second kappa shape index (κ2) is 26.5. The maximum absolute atomic E-state index is 14.9. The van der Waals surface area contributed by atoms with Crippen LogP contribution in [0.1, 0.15) is 148 Å². The zero-order chi connectivity index (χ0) is 56.5. The Morgan fingerprint density at radius 1 is 0.487 bits per heavy atom. The molecule has 6 aliphatic rings. The number of para-hydroxylation sites is 2. The molecule has 4 aliphatic heterocycles. The number of rotatable bonds is 18. The summed E-state index contributed by atoms with van der Waals surface area (Å²) in [7, 11) is 3.36. The average molecular weight is 1100 g/mol. The summed E-state index contributed by atoms with van der Waals surface area (Å²) in [5.41, 5.74) is 2.16. The van der Waals surface area contributed by atoms with Gasteiger partial charge in [-0.2, -0.15) is 0 Å². The number of likely N-dealkylation sites (tertiary alicyclic amines) is 2. The highest BCUT2D eigenvalue weighted by molar-refractivity contribution is 5.99. The normalized spacial score (nSPS) is 24.4. The molecule has 0 radical (unpaired) electrons. The zero-order valence-corrected chi connectivity index (χ0v) is 46.6. The number of likely N-dealkylation sites (N-methyl/N-ethyl adjacent to an activating group) is 2. The van der Waals surface area contributed by atoms with Crippen molar-refractivity contribution in [2.75, 3.05) is 40.4 Å². The molecule has 3 aromatic rings. The van der Waals surface area contributed by atoms with E-state index in [-0.39, 0.29) is 96.4 Å². The molecule has 2 aliphatic carbocycles. The molecule has 4 fully saturated rings. The monoisotopic (exact) mass is 1100 g/mol. The van der Waals surface area contributed by atoms with Gasteiger partial charge >= 0.3 is 0 Å². The Bertz CT molecular complexity index is 2550. The number of nitrogens with zero attached hydrogens (tertiary/aromatic N) is 2. The Morgan fingerprint density at radius 2 is 0.863 bits per heavy atom. The van der Waals surface area contributed by atoms with Crippen LogP contribution in [0.4, 0.5) is 0 Å². The molecule has 20 heteroatoms. The highest BCUT2D eigenvalue weighted by Crippen LogP contribution is 2.36. The molecular weight excluding hydrogens is 1020 g/mol. The number of fused-ring (bicyclic) bond motifs is 2. The van der Waals surface area contributed by atoms with E-state index in [1.807, 2.05) is 48.5 Å². The molecule has 0 bridgehead atoms. The van der Waals surface area contributed by atoms with Crippen LogP contribution in [-0.2, 0) is 28.8 Å². The Balaban J connectivity index is 0.896. The Kier molecular flexibility index (Phi) is 19.1. The van der Waals surface area contributed by atoms with Crippen LogP contribution in [0.5, 0.6) is 11.5 Å². The third-order valence-electron chi connectivity index (χ3n) is 17.4. The van der Waals surface area contributed by atoms with E-state index in [4.69, 9.17) is 9.47 Å². The minimum atomic E-state index is -0.955. The summed E-state index contributed by atoms with van der Waals surface area (Å²) in [6.07, 6.45) is 10.1. The SMILES string of the molecule is CN[C@@H](C)C(=O)N[C@H](C(=O)N1C[C@@H](NC(=O)c2ccc(C(=O)N[C@H]3C[C@@H](C(=O)N[C@@H]4CCOc5ccccc54)N(C(=O)[C@@H](NC(=O)[C@H](C)NC)C4CCCCC4)C3)cc2)C[C@H]1C(=O)N[C@@H]1CCOc2ccccc21)C1CCCCC1. The van der Waals surface area contributed by atoms with Gasteiger partial charge in [-0.05, 0) is 115 Å². The second-order valence-electron chi connectivity index (χ2n) is 22.7. The fourth-order valence-corrected chi connectivity index (χ4v) is 12.6. The first-order valence-electron chi connectivity index (χ1n) is 29.0. The number of benzene rings is 3. The van der Waals surface area contributed by atoms with Gasteiger partial charge in [-0.15, -0.1) is 0 Å². The highest BCUT2D eigenvalue weighted by atomic mass is 16.5. The third-order valence-corrected chi connectivity index (χ3v) is 17.4. The summed E-state index contributed by atoms with van der Waals surface area (Å²) in [6, 6.07) is 14.4. The van der Waals surface area contributed by atoms with E-state index in [1.165, 1.54) is 34.1 Å². The Labute approximate surface area is 468 Å². The summed E-state index contributed by atoms with van der Waals surface area (Å²) >= 11 is 0. The summed E-state index contributed by atoms with van der Waals surface area (Å²) in [4.78, 5) is 117. The predicted octanol–water partition coefficient (Wildman–Crippen LogP) is 3.71. The van der Waals surface area contributed by atoms with Gasteiger partial charge in [0.25, 0.3) is 11.8 Å². The van der Waals surface area contributed by atoms with E-state index in [0.717, 1.165) is 75.3 Å². The Hall–Kier alpha value is -7.06. The first-order valence-corrected chi connectivity index (χ1v) is 29.0. The van der Waals surface area contributed by atoms with E-state index in [0.29, 0.717) is 37.6 Å². The molecule has 3 aromatic carbocycles. The molecule has 10 atom stereocenters. The molecular formula is C60H80N10O10. The number of hydrogen-bond acceptors (Lipinski definition) is 12. The molecule has 8 N–H and O–H groups in total. The topological polar surface area (TPSA) is 258 Å². The summed E-state index contributed by atoms with van der Waals surface area (Å²) < 4.78 is 11.7.